The van der Waals surface area contributed by atoms with E-state index in [0.717, 1.165) is 5.56 Å². The van der Waals surface area contributed by atoms with Crippen molar-refractivity contribution in [1.82, 2.24) is 14.7 Å². The summed E-state index contributed by atoms with van der Waals surface area (Å²) in [6, 6.07) is 5.12. The van der Waals surface area contributed by atoms with Gasteiger partial charge in [0.2, 0.25) is 11.5 Å². The molecule has 0 fully saturated rings. The lowest BCUT2D eigenvalue weighted by molar-refractivity contribution is -0.659. The van der Waals surface area contributed by atoms with Crippen LogP contribution >= 0.6 is 0 Å². The van der Waals surface area contributed by atoms with Gasteiger partial charge in [-0.3, -0.25) is 14.0 Å². The Bertz CT molecular complexity index is 1040. The number of aromatic nitrogens is 3. The number of carbonyl (C=O) groups is 1. The number of rotatable bonds is 4. The standard InChI is InChI=1S/C17H19N5O3/c1-10-5-3-6-22-14(10)20-15-12(17(22)25)9-11(16(24)19-2)13(18)21(15)7-4-8-23/h3,5-6,9,18,23H,4,7-8H2,1-2H3,(H,19,24)/p+1. The van der Waals surface area contributed by atoms with Gasteiger partial charge in [0.15, 0.2) is 0 Å². The maximum Gasteiger partial charge on any atom is 0.278 e. The van der Waals surface area contributed by atoms with Crippen molar-refractivity contribution in [1.29, 1.82) is 0 Å². The number of nitrogens with two attached hydrogens (primary N) is 1. The van der Waals surface area contributed by atoms with Gasteiger partial charge in [0.05, 0.1) is 6.54 Å². The van der Waals surface area contributed by atoms with Crippen LogP contribution in [0, 0.1) is 6.92 Å². The topological polar surface area (TPSA) is 114 Å². The predicted octanol–water partition coefficient (Wildman–Crippen LogP) is -0.232. The molecule has 0 saturated heterocycles. The number of aliphatic hydroxyl groups is 1. The highest BCUT2D eigenvalue weighted by Crippen LogP contribution is 2.15. The number of aryl methyl sites for hydroxylation is 2. The maximum atomic E-state index is 12.9. The zero-order chi connectivity index (χ0) is 18.1. The van der Waals surface area contributed by atoms with E-state index in [1.165, 1.54) is 17.5 Å². The zero-order valence-corrected chi connectivity index (χ0v) is 14.1. The minimum atomic E-state index is -0.383. The lowest BCUT2D eigenvalue weighted by atomic mass is 10.1. The molecule has 1 amide bonds. The molecule has 0 aromatic carbocycles. The Hall–Kier alpha value is -3.00. The first kappa shape index (κ1) is 16.8. The molecule has 0 atom stereocenters. The van der Waals surface area contributed by atoms with E-state index in [1.54, 1.807) is 16.8 Å². The highest BCUT2D eigenvalue weighted by Gasteiger charge is 2.24. The van der Waals surface area contributed by atoms with Gasteiger partial charge in [-0.2, -0.15) is 0 Å². The van der Waals surface area contributed by atoms with Crippen LogP contribution in [-0.4, -0.2) is 34.1 Å². The van der Waals surface area contributed by atoms with E-state index >= 15 is 0 Å². The lowest BCUT2D eigenvalue weighted by Gasteiger charge is -2.11. The first-order valence-corrected chi connectivity index (χ1v) is 7.96. The Morgan fingerprint density at radius 2 is 2.24 bits per heavy atom. The van der Waals surface area contributed by atoms with Crippen molar-refractivity contribution in [3.63, 3.8) is 0 Å². The fourth-order valence-corrected chi connectivity index (χ4v) is 2.88. The van der Waals surface area contributed by atoms with Crippen molar-refractivity contribution in [2.24, 2.45) is 0 Å². The van der Waals surface area contributed by atoms with Gasteiger partial charge in [-0.05, 0) is 19.1 Å². The van der Waals surface area contributed by atoms with Crippen LogP contribution in [0.5, 0.6) is 0 Å². The molecule has 0 spiro atoms. The first-order valence-electron chi connectivity index (χ1n) is 7.96. The average Bonchev–Trinajstić information content (AvgIpc) is 2.61. The van der Waals surface area contributed by atoms with Crippen molar-refractivity contribution in [3.8, 4) is 0 Å². The van der Waals surface area contributed by atoms with Crippen molar-refractivity contribution < 1.29 is 14.5 Å². The van der Waals surface area contributed by atoms with E-state index < -0.39 is 0 Å². The summed E-state index contributed by atoms with van der Waals surface area (Å²) in [5.74, 6) is -0.170. The lowest BCUT2D eigenvalue weighted by Crippen LogP contribution is -2.43. The van der Waals surface area contributed by atoms with Crippen LogP contribution in [-0.2, 0) is 6.54 Å². The third-order valence-corrected chi connectivity index (χ3v) is 4.19. The average molecular weight is 342 g/mol. The van der Waals surface area contributed by atoms with Gasteiger partial charge >= 0.3 is 0 Å². The molecule has 3 aromatic heterocycles. The number of fused-ring (bicyclic) bond motifs is 2. The van der Waals surface area contributed by atoms with E-state index in [4.69, 9.17) is 10.8 Å². The quantitative estimate of drug-likeness (QED) is 0.448. The second-order valence-corrected chi connectivity index (χ2v) is 5.79. The maximum absolute atomic E-state index is 12.9. The van der Waals surface area contributed by atoms with Crippen molar-refractivity contribution in [2.75, 3.05) is 19.4 Å². The monoisotopic (exact) mass is 342 g/mol. The van der Waals surface area contributed by atoms with Gasteiger partial charge in [-0.15, -0.1) is 0 Å². The number of hydrogen-bond donors (Lipinski definition) is 3. The largest absolute Gasteiger partial charge is 0.396 e. The highest BCUT2D eigenvalue weighted by atomic mass is 16.3. The summed E-state index contributed by atoms with van der Waals surface area (Å²) in [6.45, 7) is 2.18. The van der Waals surface area contributed by atoms with Gasteiger partial charge in [0.25, 0.3) is 17.1 Å². The number of nitrogens with zero attached hydrogens (tertiary/aromatic N) is 3. The molecule has 130 valence electrons. The number of nitrogen functional groups attached to an aromatic ring is 1. The number of anilines is 1. The molecule has 0 aliphatic rings. The molecule has 3 rings (SSSR count). The van der Waals surface area contributed by atoms with Crippen molar-refractivity contribution in [3.05, 3.63) is 45.9 Å². The Kier molecular flexibility index (Phi) is 4.37. The van der Waals surface area contributed by atoms with E-state index in [0.29, 0.717) is 29.6 Å². The predicted molar refractivity (Wildman–Crippen MR) is 93.4 cm³/mol. The smallest absolute Gasteiger partial charge is 0.278 e. The number of aliphatic hydroxyl groups excluding tert-OH is 1. The minimum absolute atomic E-state index is 0.0380. The van der Waals surface area contributed by atoms with Crippen molar-refractivity contribution in [2.45, 2.75) is 19.9 Å². The summed E-state index contributed by atoms with van der Waals surface area (Å²) in [4.78, 5) is 29.7. The van der Waals surface area contributed by atoms with Gasteiger partial charge < -0.3 is 16.2 Å². The number of hydrogen-bond acceptors (Lipinski definition) is 5. The molecule has 0 saturated carbocycles. The van der Waals surface area contributed by atoms with Gasteiger partial charge in [-0.1, -0.05) is 11.1 Å². The van der Waals surface area contributed by atoms with Crippen LogP contribution in [0.2, 0.25) is 0 Å². The fourth-order valence-electron chi connectivity index (χ4n) is 2.88. The number of pyridine rings is 2. The Morgan fingerprint density at radius 1 is 1.48 bits per heavy atom. The molecule has 3 heterocycles. The SMILES string of the molecule is CNC(=O)c1cc2c(=O)n3cccc(C)c3nc2[n+](CCCO)c1N. The van der Waals surface area contributed by atoms with Crippen LogP contribution < -0.4 is 21.2 Å². The molecular formula is C17H20N5O3+. The zero-order valence-electron chi connectivity index (χ0n) is 14.1. The summed E-state index contributed by atoms with van der Waals surface area (Å²) >= 11 is 0. The highest BCUT2D eigenvalue weighted by molar-refractivity contribution is 6.00. The Labute approximate surface area is 143 Å². The molecule has 0 radical (unpaired) electrons. The number of nitrogens with one attached hydrogen (secondary N) is 1. The van der Waals surface area contributed by atoms with E-state index in [9.17, 15) is 9.59 Å². The molecule has 8 heteroatoms. The molecule has 4 N–H and O–H groups in total. The van der Waals surface area contributed by atoms with Crippen LogP contribution in [0.15, 0.2) is 29.2 Å². The first-order chi connectivity index (χ1) is 12.0. The van der Waals surface area contributed by atoms with E-state index in [1.807, 2.05) is 13.0 Å². The molecule has 0 aliphatic carbocycles. The van der Waals surface area contributed by atoms with Crippen LogP contribution in [0.3, 0.4) is 0 Å². The fraction of sp³-hybridized carbons (Fsp3) is 0.294. The van der Waals surface area contributed by atoms with E-state index in [2.05, 4.69) is 10.3 Å². The Balaban J connectivity index is 2.48. The van der Waals surface area contributed by atoms with Crippen LogP contribution in [0.25, 0.3) is 16.7 Å². The third kappa shape index (κ3) is 2.70. The molecule has 3 aromatic rings. The van der Waals surface area contributed by atoms with Gasteiger partial charge in [0, 0.05) is 31.8 Å². The minimum Gasteiger partial charge on any atom is -0.396 e. The van der Waals surface area contributed by atoms with E-state index in [-0.39, 0.29) is 29.5 Å². The van der Waals surface area contributed by atoms with Crippen LogP contribution in [0.4, 0.5) is 5.82 Å². The second-order valence-electron chi connectivity index (χ2n) is 5.79. The Morgan fingerprint density at radius 3 is 2.92 bits per heavy atom. The summed E-state index contributed by atoms with van der Waals surface area (Å²) in [5, 5.41) is 12.0. The van der Waals surface area contributed by atoms with Gasteiger partial charge in [0.1, 0.15) is 10.9 Å². The summed E-state index contributed by atoms with van der Waals surface area (Å²) in [7, 11) is 1.50. The molecule has 0 bridgehead atoms. The summed E-state index contributed by atoms with van der Waals surface area (Å²) in [6.07, 6.45) is 2.07. The van der Waals surface area contributed by atoms with Crippen LogP contribution in [0.1, 0.15) is 22.3 Å². The number of amides is 1. The molecule has 0 aliphatic heterocycles. The molecule has 8 nitrogen and oxygen atoms in total. The third-order valence-electron chi connectivity index (χ3n) is 4.19. The van der Waals surface area contributed by atoms with Crippen molar-refractivity contribution >= 4 is 28.4 Å². The van der Waals surface area contributed by atoms with Gasteiger partial charge in [-0.25, -0.2) is 4.57 Å². The molecule has 0 unspecified atom stereocenters. The second kappa shape index (κ2) is 6.48. The summed E-state index contributed by atoms with van der Waals surface area (Å²) < 4.78 is 3.07. The normalized spacial score (nSPS) is 11.2. The molecular weight excluding hydrogens is 322 g/mol. The molecule has 25 heavy (non-hydrogen) atoms. The number of carbonyl (C=O) groups excluding carboxylic acids is 1. The summed E-state index contributed by atoms with van der Waals surface area (Å²) in [5.41, 5.74) is 7.89.